The maximum atomic E-state index is 12.4. The predicted molar refractivity (Wildman–Crippen MR) is 89.3 cm³/mol. The Morgan fingerprint density at radius 3 is 2.74 bits per heavy atom. The summed E-state index contributed by atoms with van der Waals surface area (Å²) in [4.78, 5) is 18.2. The lowest BCUT2D eigenvalue weighted by Crippen LogP contribution is -2.30. The number of amides is 1. The predicted octanol–water partition coefficient (Wildman–Crippen LogP) is 2.95. The molecule has 3 rings (SSSR count). The summed E-state index contributed by atoms with van der Waals surface area (Å²) in [6, 6.07) is 14.0. The highest BCUT2D eigenvalue weighted by molar-refractivity contribution is 5.94. The van der Waals surface area contributed by atoms with E-state index in [1.165, 1.54) is 5.56 Å². The molecule has 0 spiro atoms. The summed E-state index contributed by atoms with van der Waals surface area (Å²) in [5.41, 5.74) is 2.04. The Morgan fingerprint density at radius 1 is 1.17 bits per heavy atom. The van der Waals surface area contributed by atoms with Crippen LogP contribution in [0.3, 0.4) is 0 Å². The fourth-order valence-corrected chi connectivity index (χ4v) is 2.90. The van der Waals surface area contributed by atoms with E-state index >= 15 is 0 Å². The van der Waals surface area contributed by atoms with Crippen LogP contribution in [-0.4, -0.2) is 41.6 Å². The molecule has 1 aliphatic heterocycles. The number of hydrogen-bond acceptors (Lipinski definition) is 3. The number of carbonyl (C=O) groups excluding carboxylic acids is 1. The average Bonchev–Trinajstić information content (AvgIpc) is 3.09. The summed E-state index contributed by atoms with van der Waals surface area (Å²) in [6.45, 7) is 2.20. The molecule has 0 bridgehead atoms. The quantitative estimate of drug-likeness (QED) is 0.770. The van der Waals surface area contributed by atoms with E-state index in [-0.39, 0.29) is 12.0 Å². The van der Waals surface area contributed by atoms with Gasteiger partial charge in [0.1, 0.15) is 0 Å². The summed E-state index contributed by atoms with van der Waals surface area (Å²) >= 11 is 0. The zero-order valence-electron chi connectivity index (χ0n) is 13.2. The lowest BCUT2D eigenvalue weighted by molar-refractivity contribution is 0.0525. The van der Waals surface area contributed by atoms with Gasteiger partial charge >= 0.3 is 0 Å². The van der Waals surface area contributed by atoms with Crippen molar-refractivity contribution >= 4 is 5.91 Å². The molecule has 1 atom stereocenters. The number of pyridine rings is 1. The van der Waals surface area contributed by atoms with Crippen molar-refractivity contribution in [3.63, 3.8) is 0 Å². The summed E-state index contributed by atoms with van der Waals surface area (Å²) < 4.78 is 5.93. The average molecular weight is 310 g/mol. The largest absolute Gasteiger partial charge is 0.376 e. The Balaban J connectivity index is 1.39. The third-order valence-electron chi connectivity index (χ3n) is 4.17. The Bertz CT molecular complexity index is 616. The van der Waals surface area contributed by atoms with Crippen LogP contribution in [0.1, 0.15) is 28.8 Å². The van der Waals surface area contributed by atoms with Gasteiger partial charge in [-0.25, -0.2) is 0 Å². The molecule has 0 aliphatic carbocycles. The van der Waals surface area contributed by atoms with E-state index in [0.717, 1.165) is 32.4 Å². The first-order valence-electron chi connectivity index (χ1n) is 8.18. The van der Waals surface area contributed by atoms with Gasteiger partial charge in [0, 0.05) is 37.7 Å². The number of hydrogen-bond donors (Lipinski definition) is 0. The van der Waals surface area contributed by atoms with Gasteiger partial charge in [-0.15, -0.1) is 0 Å². The monoisotopic (exact) mass is 310 g/mol. The van der Waals surface area contributed by atoms with Gasteiger partial charge in [-0.3, -0.25) is 9.78 Å². The van der Waals surface area contributed by atoms with Crippen LogP contribution in [0.25, 0.3) is 0 Å². The van der Waals surface area contributed by atoms with E-state index in [9.17, 15) is 4.79 Å². The molecule has 1 aromatic carbocycles. The number of rotatable bonds is 6. The summed E-state index contributed by atoms with van der Waals surface area (Å²) in [6.07, 6.45) is 6.44. The second-order valence-corrected chi connectivity index (χ2v) is 5.86. The highest BCUT2D eigenvalue weighted by atomic mass is 16.5. The van der Waals surface area contributed by atoms with E-state index in [0.29, 0.717) is 12.1 Å². The molecule has 4 nitrogen and oxygen atoms in total. The van der Waals surface area contributed by atoms with Crippen LogP contribution < -0.4 is 0 Å². The Kier molecular flexibility index (Phi) is 5.37. The highest BCUT2D eigenvalue weighted by Gasteiger charge is 2.27. The van der Waals surface area contributed by atoms with Gasteiger partial charge in [-0.2, -0.15) is 0 Å². The van der Waals surface area contributed by atoms with Crippen LogP contribution in [0.4, 0.5) is 0 Å². The molecule has 1 aromatic heterocycles. The van der Waals surface area contributed by atoms with E-state index in [4.69, 9.17) is 4.74 Å². The molecule has 0 saturated carbocycles. The molecule has 0 radical (unpaired) electrons. The SMILES string of the molecule is O=C(c1ccncc1)N1CCC(OCCCc2ccccc2)C1. The van der Waals surface area contributed by atoms with Crippen LogP contribution in [0, 0.1) is 0 Å². The standard InChI is InChI=1S/C19H22N2O2/c22-19(17-8-11-20-12-9-17)21-13-10-18(15-21)23-14-4-7-16-5-2-1-3-6-16/h1-3,5-6,8-9,11-12,18H,4,7,10,13-15H2. The number of carbonyl (C=O) groups is 1. The number of ether oxygens (including phenoxy) is 1. The molecule has 2 aromatic rings. The van der Waals surface area contributed by atoms with E-state index in [2.05, 4.69) is 29.2 Å². The van der Waals surface area contributed by atoms with Gasteiger partial charge in [0.15, 0.2) is 0 Å². The number of likely N-dealkylation sites (tertiary alicyclic amines) is 1. The highest BCUT2D eigenvalue weighted by Crippen LogP contribution is 2.16. The number of benzene rings is 1. The van der Waals surface area contributed by atoms with E-state index in [1.807, 2.05) is 11.0 Å². The van der Waals surface area contributed by atoms with Crippen molar-refractivity contribution in [1.82, 2.24) is 9.88 Å². The summed E-state index contributed by atoms with van der Waals surface area (Å²) in [5.74, 6) is 0.0720. The zero-order chi connectivity index (χ0) is 15.9. The molecular weight excluding hydrogens is 288 g/mol. The molecule has 1 fully saturated rings. The minimum Gasteiger partial charge on any atom is -0.376 e. The van der Waals surface area contributed by atoms with Crippen LogP contribution >= 0.6 is 0 Å². The third kappa shape index (κ3) is 4.39. The first-order valence-corrected chi connectivity index (χ1v) is 8.18. The van der Waals surface area contributed by atoms with Crippen LogP contribution in [0.2, 0.25) is 0 Å². The smallest absolute Gasteiger partial charge is 0.254 e. The second kappa shape index (κ2) is 7.88. The van der Waals surface area contributed by atoms with Crippen LogP contribution in [0.15, 0.2) is 54.9 Å². The van der Waals surface area contributed by atoms with E-state index < -0.39 is 0 Å². The van der Waals surface area contributed by atoms with Gasteiger partial charge in [0.2, 0.25) is 0 Å². The molecule has 0 N–H and O–H groups in total. The topological polar surface area (TPSA) is 42.4 Å². The van der Waals surface area contributed by atoms with Crippen molar-refractivity contribution in [2.45, 2.75) is 25.4 Å². The first kappa shape index (κ1) is 15.7. The second-order valence-electron chi connectivity index (χ2n) is 5.86. The number of aromatic nitrogens is 1. The molecule has 1 unspecified atom stereocenters. The van der Waals surface area contributed by atoms with Crippen LogP contribution in [0.5, 0.6) is 0 Å². The van der Waals surface area contributed by atoms with Gasteiger partial charge in [0.05, 0.1) is 6.10 Å². The van der Waals surface area contributed by atoms with Crippen molar-refractivity contribution in [2.24, 2.45) is 0 Å². The fourth-order valence-electron chi connectivity index (χ4n) is 2.90. The van der Waals surface area contributed by atoms with Gasteiger partial charge < -0.3 is 9.64 Å². The number of nitrogens with zero attached hydrogens (tertiary/aromatic N) is 2. The van der Waals surface area contributed by atoms with Crippen molar-refractivity contribution in [2.75, 3.05) is 19.7 Å². The zero-order valence-corrected chi connectivity index (χ0v) is 13.2. The third-order valence-corrected chi connectivity index (χ3v) is 4.17. The van der Waals surface area contributed by atoms with Gasteiger partial charge in [-0.1, -0.05) is 30.3 Å². The maximum absolute atomic E-state index is 12.4. The molecule has 2 heterocycles. The lowest BCUT2D eigenvalue weighted by atomic mass is 10.1. The minimum atomic E-state index is 0.0720. The maximum Gasteiger partial charge on any atom is 0.254 e. The number of aryl methyl sites for hydroxylation is 1. The van der Waals surface area contributed by atoms with Crippen molar-refractivity contribution in [1.29, 1.82) is 0 Å². The van der Waals surface area contributed by atoms with Crippen molar-refractivity contribution in [3.8, 4) is 0 Å². The fraction of sp³-hybridized carbons (Fsp3) is 0.368. The molecule has 1 saturated heterocycles. The Labute approximate surface area is 137 Å². The molecule has 1 amide bonds. The first-order chi connectivity index (χ1) is 11.3. The van der Waals surface area contributed by atoms with Gasteiger partial charge in [-0.05, 0) is 37.0 Å². The molecule has 1 aliphatic rings. The van der Waals surface area contributed by atoms with E-state index in [1.54, 1.807) is 24.5 Å². The summed E-state index contributed by atoms with van der Waals surface area (Å²) in [7, 11) is 0. The van der Waals surface area contributed by atoms with Crippen molar-refractivity contribution < 1.29 is 9.53 Å². The minimum absolute atomic E-state index is 0.0720. The van der Waals surface area contributed by atoms with Crippen molar-refractivity contribution in [3.05, 3.63) is 66.0 Å². The normalized spacial score (nSPS) is 17.4. The Morgan fingerprint density at radius 2 is 1.96 bits per heavy atom. The van der Waals surface area contributed by atoms with Gasteiger partial charge in [0.25, 0.3) is 5.91 Å². The van der Waals surface area contributed by atoms with Crippen LogP contribution in [-0.2, 0) is 11.2 Å². The lowest BCUT2D eigenvalue weighted by Gasteiger charge is -2.16. The molecule has 4 heteroatoms. The Hall–Kier alpha value is -2.20. The molecular formula is C19H22N2O2. The molecule has 120 valence electrons. The molecule has 23 heavy (non-hydrogen) atoms. The summed E-state index contributed by atoms with van der Waals surface area (Å²) in [5, 5.41) is 0.